The molecule has 318 valence electrons. The van der Waals surface area contributed by atoms with E-state index in [2.05, 4.69) is 231 Å². The quantitative estimate of drug-likeness (QED) is 0.166. The van der Waals surface area contributed by atoms with Gasteiger partial charge in [0, 0.05) is 45.2 Å². The Bertz CT molecular complexity index is 3650. The second kappa shape index (κ2) is 16.1. The van der Waals surface area contributed by atoms with Crippen molar-refractivity contribution in [3.8, 4) is 44.8 Å². The summed E-state index contributed by atoms with van der Waals surface area (Å²) in [5, 5.41) is 2.27. The van der Waals surface area contributed by atoms with Crippen molar-refractivity contribution >= 4 is 21.9 Å². The average molecular weight is 858 g/mol. The summed E-state index contributed by atoms with van der Waals surface area (Å²) in [6, 6.07) is 82.7. The van der Waals surface area contributed by atoms with Crippen LogP contribution in [-0.2, 0) is 12.8 Å². The van der Waals surface area contributed by atoms with Crippen LogP contribution in [0.4, 0.5) is 0 Å². The first kappa shape index (κ1) is 39.3. The molecule has 67 heavy (non-hydrogen) atoms. The average Bonchev–Trinajstić information content (AvgIpc) is 3.71. The van der Waals surface area contributed by atoms with Crippen LogP contribution in [-0.4, -0.2) is 4.98 Å². The molecule has 9 aromatic carbocycles. The van der Waals surface area contributed by atoms with Crippen molar-refractivity contribution in [2.24, 2.45) is 0 Å². The Morgan fingerprint density at radius 2 is 1.03 bits per heavy atom. The van der Waals surface area contributed by atoms with Gasteiger partial charge in [-0.15, -0.1) is 0 Å². The molecule has 0 radical (unpaired) electrons. The van der Waals surface area contributed by atoms with Gasteiger partial charge >= 0.3 is 0 Å². The largest absolute Gasteiger partial charge is 0.455 e. The molecule has 0 amide bonds. The van der Waals surface area contributed by atoms with E-state index in [1.165, 1.54) is 61.2 Å². The first-order valence-electron chi connectivity index (χ1n) is 23.7. The van der Waals surface area contributed by atoms with Gasteiger partial charge in [-0.1, -0.05) is 200 Å². The van der Waals surface area contributed by atoms with Gasteiger partial charge in [-0.25, -0.2) is 4.98 Å². The highest BCUT2D eigenvalue weighted by Crippen LogP contribution is 2.51. The lowest BCUT2D eigenvalue weighted by atomic mass is 9.72. The first-order valence-corrected chi connectivity index (χ1v) is 23.7. The maximum atomic E-state index is 6.93. The number of furan rings is 1. The fourth-order valence-electron chi connectivity index (χ4n) is 11.6. The van der Waals surface area contributed by atoms with Crippen LogP contribution in [0.2, 0.25) is 0 Å². The van der Waals surface area contributed by atoms with E-state index in [1.807, 2.05) is 0 Å². The number of pyridine rings is 1. The van der Waals surface area contributed by atoms with Gasteiger partial charge in [-0.05, 0) is 116 Å². The normalized spacial score (nSPS) is 16.2. The van der Waals surface area contributed by atoms with Crippen molar-refractivity contribution in [2.45, 2.75) is 37.5 Å². The van der Waals surface area contributed by atoms with Crippen LogP contribution in [0.3, 0.4) is 0 Å². The molecule has 0 spiro atoms. The molecular formula is C65H47NO. The standard InChI is InChI=1S/C65H47NO/c1-41-54(40-61(43-21-8-3-9-22-43)66-64(41)45-25-12-5-13-26-45)52-31-18-32-53-59-36-47(33-34-62(59)67-65(52)53)56-37-48-38-60-58(39-57(48)51-30-17-16-29-50(51)56)55(42-19-6-2-7-20-42)35-46-27-14-15-28-49(46)63(60)44-23-10-4-11-24-44/h2-34,36,38-40,55-56,63H,35,37H2,1H3/t55?,56-,63?/m1/s1. The van der Waals surface area contributed by atoms with Gasteiger partial charge in [-0.3, -0.25) is 0 Å². The summed E-state index contributed by atoms with van der Waals surface area (Å²) in [5.41, 5.74) is 24.4. The van der Waals surface area contributed by atoms with Crippen molar-refractivity contribution in [1.29, 1.82) is 0 Å². The van der Waals surface area contributed by atoms with Gasteiger partial charge in [0.05, 0.1) is 11.4 Å². The van der Waals surface area contributed by atoms with Crippen LogP contribution in [0.5, 0.6) is 0 Å². The van der Waals surface area contributed by atoms with Crippen molar-refractivity contribution in [1.82, 2.24) is 4.98 Å². The SMILES string of the molecule is Cc1c(-c2cccc3c2oc2ccc([C@H]4Cc5cc6c(cc5-c5ccccc54)C(c4ccccc4)Cc4ccccc4C6c4ccccc4)cc23)cc(-c2ccccc2)nc1-c1ccccc1. The molecule has 2 aliphatic carbocycles. The Balaban J connectivity index is 0.961. The van der Waals surface area contributed by atoms with E-state index >= 15 is 0 Å². The minimum absolute atomic E-state index is 0.126. The van der Waals surface area contributed by atoms with Crippen LogP contribution in [0.25, 0.3) is 66.7 Å². The summed E-state index contributed by atoms with van der Waals surface area (Å²) in [6.45, 7) is 2.19. The van der Waals surface area contributed by atoms with E-state index in [-0.39, 0.29) is 17.8 Å². The Morgan fingerprint density at radius 3 is 1.81 bits per heavy atom. The van der Waals surface area contributed by atoms with E-state index in [4.69, 9.17) is 9.40 Å². The molecule has 2 heteroatoms. The summed E-state index contributed by atoms with van der Waals surface area (Å²) in [7, 11) is 0. The molecule has 3 atom stereocenters. The predicted octanol–water partition coefficient (Wildman–Crippen LogP) is 16.5. The van der Waals surface area contributed by atoms with Crippen LogP contribution < -0.4 is 0 Å². The van der Waals surface area contributed by atoms with E-state index in [1.54, 1.807) is 0 Å². The number of hydrogen-bond acceptors (Lipinski definition) is 2. The van der Waals surface area contributed by atoms with Crippen molar-refractivity contribution in [3.63, 3.8) is 0 Å². The smallest absolute Gasteiger partial charge is 0.143 e. The van der Waals surface area contributed by atoms with Gasteiger partial charge < -0.3 is 4.42 Å². The summed E-state index contributed by atoms with van der Waals surface area (Å²) in [6.07, 6.45) is 1.87. The maximum Gasteiger partial charge on any atom is 0.143 e. The third-order valence-corrected chi connectivity index (χ3v) is 14.8. The van der Waals surface area contributed by atoms with Crippen molar-refractivity contribution < 1.29 is 4.42 Å². The molecule has 0 saturated carbocycles. The molecule has 0 bridgehead atoms. The number of nitrogens with zero attached hydrogens (tertiary/aromatic N) is 1. The van der Waals surface area contributed by atoms with Gasteiger partial charge in [-0.2, -0.15) is 0 Å². The Hall–Kier alpha value is -8.07. The van der Waals surface area contributed by atoms with Gasteiger partial charge in [0.1, 0.15) is 11.2 Å². The van der Waals surface area contributed by atoms with Gasteiger partial charge in [0.15, 0.2) is 0 Å². The van der Waals surface area contributed by atoms with Crippen LogP contribution >= 0.6 is 0 Å². The molecular weight excluding hydrogens is 811 g/mol. The highest BCUT2D eigenvalue weighted by atomic mass is 16.3. The molecule has 2 aliphatic rings. The maximum absolute atomic E-state index is 6.93. The zero-order chi connectivity index (χ0) is 44.4. The van der Waals surface area contributed by atoms with Crippen LogP contribution in [0.1, 0.15) is 73.4 Å². The van der Waals surface area contributed by atoms with Gasteiger partial charge in [0.25, 0.3) is 0 Å². The third-order valence-electron chi connectivity index (χ3n) is 14.8. The lowest BCUT2D eigenvalue weighted by molar-refractivity contribution is 0.669. The highest BCUT2D eigenvalue weighted by molar-refractivity contribution is 6.10. The minimum atomic E-state index is 0.126. The van der Waals surface area contributed by atoms with E-state index < -0.39 is 0 Å². The number of aromatic nitrogens is 1. The Morgan fingerprint density at radius 1 is 0.403 bits per heavy atom. The first-order chi connectivity index (χ1) is 33.1. The second-order valence-electron chi connectivity index (χ2n) is 18.5. The number of rotatable bonds is 6. The summed E-state index contributed by atoms with van der Waals surface area (Å²) < 4.78 is 6.93. The molecule has 2 aromatic heterocycles. The Kier molecular flexibility index (Phi) is 9.46. The van der Waals surface area contributed by atoms with Crippen molar-refractivity contribution in [3.05, 3.63) is 280 Å². The molecule has 13 rings (SSSR count). The van der Waals surface area contributed by atoms with E-state index in [0.29, 0.717) is 0 Å². The number of fused-ring (bicyclic) bond motifs is 8. The zero-order valence-corrected chi connectivity index (χ0v) is 37.4. The zero-order valence-electron chi connectivity index (χ0n) is 37.4. The molecule has 2 heterocycles. The Labute approximate surface area is 391 Å². The van der Waals surface area contributed by atoms with Gasteiger partial charge in [0.2, 0.25) is 0 Å². The molecule has 0 aliphatic heterocycles. The topological polar surface area (TPSA) is 26.0 Å². The lowest BCUT2D eigenvalue weighted by Gasteiger charge is -2.32. The number of benzene rings is 9. The molecule has 0 N–H and O–H groups in total. The number of hydrogen-bond donors (Lipinski definition) is 0. The monoisotopic (exact) mass is 857 g/mol. The van der Waals surface area contributed by atoms with E-state index in [9.17, 15) is 0 Å². The molecule has 2 nitrogen and oxygen atoms in total. The lowest BCUT2D eigenvalue weighted by Crippen LogP contribution is -2.16. The fourth-order valence-corrected chi connectivity index (χ4v) is 11.6. The third kappa shape index (κ3) is 6.66. The second-order valence-corrected chi connectivity index (χ2v) is 18.5. The minimum Gasteiger partial charge on any atom is -0.455 e. The highest BCUT2D eigenvalue weighted by Gasteiger charge is 2.35. The molecule has 0 saturated heterocycles. The predicted molar refractivity (Wildman–Crippen MR) is 276 cm³/mol. The molecule has 0 fully saturated rings. The van der Waals surface area contributed by atoms with Crippen molar-refractivity contribution in [2.75, 3.05) is 0 Å². The van der Waals surface area contributed by atoms with E-state index in [0.717, 1.165) is 74.0 Å². The van der Waals surface area contributed by atoms with Crippen LogP contribution in [0.15, 0.2) is 229 Å². The summed E-state index contributed by atoms with van der Waals surface area (Å²) in [4.78, 5) is 5.26. The fraction of sp³-hybridized carbons (Fsp3) is 0.0923. The molecule has 11 aromatic rings. The molecule has 2 unspecified atom stereocenters. The summed E-state index contributed by atoms with van der Waals surface area (Å²) >= 11 is 0. The number of para-hydroxylation sites is 1. The summed E-state index contributed by atoms with van der Waals surface area (Å²) in [5.74, 6) is 0.525. The van der Waals surface area contributed by atoms with Crippen LogP contribution in [0, 0.1) is 6.92 Å².